The molecule has 0 spiro atoms. The second-order valence-corrected chi connectivity index (χ2v) is 8.07. The van der Waals surface area contributed by atoms with Crippen molar-refractivity contribution in [1.82, 2.24) is 4.98 Å². The highest BCUT2D eigenvalue weighted by Crippen LogP contribution is 2.58. The molecule has 0 unspecified atom stereocenters. The molecule has 0 saturated heterocycles. The van der Waals surface area contributed by atoms with Gasteiger partial charge in [0.1, 0.15) is 5.75 Å². The Bertz CT molecular complexity index is 931. The van der Waals surface area contributed by atoms with Gasteiger partial charge in [0.05, 0.1) is 10.4 Å². The zero-order valence-electron chi connectivity index (χ0n) is 12.6. The van der Waals surface area contributed by atoms with Crippen molar-refractivity contribution < 1.29 is 19.4 Å². The summed E-state index contributed by atoms with van der Waals surface area (Å²) in [7, 11) is 0. The summed E-state index contributed by atoms with van der Waals surface area (Å²) in [5.41, 5.74) is 0.451. The van der Waals surface area contributed by atoms with Crippen LogP contribution >= 0.6 is 23.1 Å². The Kier molecular flexibility index (Phi) is 3.36. The summed E-state index contributed by atoms with van der Waals surface area (Å²) in [6, 6.07) is 5.43. The van der Waals surface area contributed by atoms with Gasteiger partial charge in [-0.05, 0) is 13.0 Å². The van der Waals surface area contributed by atoms with Crippen LogP contribution in [0.5, 0.6) is 5.75 Å². The van der Waals surface area contributed by atoms with E-state index in [1.807, 2.05) is 19.1 Å². The number of H-pyrrole nitrogens is 1. The highest BCUT2D eigenvalue weighted by atomic mass is 32.2. The maximum atomic E-state index is 12.7. The van der Waals surface area contributed by atoms with Crippen LogP contribution in [0.3, 0.4) is 0 Å². The first-order valence-electron chi connectivity index (χ1n) is 7.29. The van der Waals surface area contributed by atoms with Crippen molar-refractivity contribution in [2.45, 2.75) is 24.3 Å². The molecule has 2 aromatic rings. The molecule has 0 saturated carbocycles. The lowest BCUT2D eigenvalue weighted by Gasteiger charge is -2.44. The summed E-state index contributed by atoms with van der Waals surface area (Å²) in [5, 5.41) is 12.1. The molecular weight excluding hydrogens is 350 g/mol. The second kappa shape index (κ2) is 5.22. The van der Waals surface area contributed by atoms with E-state index in [-0.39, 0.29) is 10.6 Å². The molecule has 124 valence electrons. The molecule has 6 nitrogen and oxygen atoms in total. The van der Waals surface area contributed by atoms with Crippen molar-refractivity contribution in [1.29, 1.82) is 0 Å². The molecule has 2 aliphatic heterocycles. The smallest absolute Gasteiger partial charge is 0.319 e. The lowest BCUT2D eigenvalue weighted by Crippen LogP contribution is -2.50. The molecule has 3 heterocycles. The average molecular weight is 362 g/mol. The zero-order valence-corrected chi connectivity index (χ0v) is 14.2. The minimum absolute atomic E-state index is 0.218. The number of aryl methyl sites for hydroxylation is 1. The number of carboxylic acid groups (broad SMARTS) is 1. The number of thiazole rings is 1. The molecule has 0 amide bonds. The van der Waals surface area contributed by atoms with Gasteiger partial charge in [-0.15, -0.1) is 11.8 Å². The predicted octanol–water partition coefficient (Wildman–Crippen LogP) is 1.03. The monoisotopic (exact) mass is 362 g/mol. The van der Waals surface area contributed by atoms with Gasteiger partial charge in [0.2, 0.25) is 0 Å². The van der Waals surface area contributed by atoms with Crippen molar-refractivity contribution in [3.05, 3.63) is 43.9 Å². The molecule has 4 rings (SSSR count). The normalized spacial score (nSPS) is 24.5. The number of esters is 1. The van der Waals surface area contributed by atoms with Crippen LogP contribution in [-0.4, -0.2) is 22.7 Å². The van der Waals surface area contributed by atoms with Crippen LogP contribution in [0.15, 0.2) is 28.0 Å². The highest BCUT2D eigenvalue weighted by Gasteiger charge is 2.56. The van der Waals surface area contributed by atoms with E-state index in [9.17, 15) is 19.5 Å². The number of hydrogen-bond acceptors (Lipinski definition) is 7. The quantitative estimate of drug-likeness (QED) is 0.633. The predicted molar refractivity (Wildman–Crippen MR) is 86.4 cm³/mol. The van der Waals surface area contributed by atoms with E-state index in [1.165, 1.54) is 11.8 Å². The van der Waals surface area contributed by atoms with Crippen LogP contribution < -0.4 is 14.7 Å². The fourth-order valence-electron chi connectivity index (χ4n) is 3.44. The third kappa shape index (κ3) is 2.13. The van der Waals surface area contributed by atoms with E-state index in [1.54, 1.807) is 6.07 Å². The van der Waals surface area contributed by atoms with Gasteiger partial charge >= 0.3 is 10.8 Å². The number of rotatable bonds is 2. The highest BCUT2D eigenvalue weighted by molar-refractivity contribution is 7.99. The largest absolute Gasteiger partial charge is 0.550 e. The van der Waals surface area contributed by atoms with E-state index >= 15 is 0 Å². The molecule has 2 atom stereocenters. The Labute approximate surface area is 144 Å². The first kappa shape index (κ1) is 15.5. The number of thioether (sulfide) groups is 1. The Morgan fingerprint density at radius 1 is 1.46 bits per heavy atom. The minimum Gasteiger partial charge on any atom is -0.550 e. The summed E-state index contributed by atoms with van der Waals surface area (Å²) in [6.45, 7) is 1.91. The van der Waals surface area contributed by atoms with E-state index in [0.717, 1.165) is 22.5 Å². The van der Waals surface area contributed by atoms with Crippen LogP contribution in [-0.2, 0) is 9.59 Å². The fourth-order valence-corrected chi connectivity index (χ4v) is 5.99. The van der Waals surface area contributed by atoms with Gasteiger partial charge < -0.3 is 19.6 Å². The van der Waals surface area contributed by atoms with Gasteiger partial charge in [0, 0.05) is 34.5 Å². The second-order valence-electron chi connectivity index (χ2n) is 6.07. The summed E-state index contributed by atoms with van der Waals surface area (Å²) in [6.07, 6.45) is -0.442. The number of hydrogen-bond donors (Lipinski definition) is 1. The van der Waals surface area contributed by atoms with E-state index < -0.39 is 29.7 Å². The Morgan fingerprint density at radius 2 is 2.25 bits per heavy atom. The SMILES string of the molecule is Cc1ccc2c(c1)[C@@H]1c3sc(=O)[nH]c3SC[C@]1(CC(=O)[O-])C(=O)O2. The van der Waals surface area contributed by atoms with Crippen LogP contribution in [0.2, 0.25) is 0 Å². The number of aromatic amines is 1. The molecule has 0 radical (unpaired) electrons. The molecule has 0 aliphatic carbocycles. The van der Waals surface area contributed by atoms with Crippen molar-refractivity contribution in [2.75, 3.05) is 5.75 Å². The summed E-state index contributed by atoms with van der Waals surface area (Å²) in [5.74, 6) is -1.76. The average Bonchev–Trinajstić information content (AvgIpc) is 2.88. The number of nitrogens with one attached hydrogen (secondary N) is 1. The third-order valence-corrected chi connectivity index (χ3v) is 6.82. The van der Waals surface area contributed by atoms with E-state index in [0.29, 0.717) is 15.7 Å². The van der Waals surface area contributed by atoms with Crippen LogP contribution in [0.25, 0.3) is 0 Å². The molecule has 1 N–H and O–H groups in total. The number of fused-ring (bicyclic) bond motifs is 5. The number of aliphatic carboxylic acids is 1. The van der Waals surface area contributed by atoms with E-state index in [2.05, 4.69) is 4.98 Å². The summed E-state index contributed by atoms with van der Waals surface area (Å²) in [4.78, 5) is 39.2. The summed E-state index contributed by atoms with van der Waals surface area (Å²) < 4.78 is 5.46. The molecule has 1 aromatic carbocycles. The fraction of sp³-hybridized carbons (Fsp3) is 0.312. The van der Waals surface area contributed by atoms with Gasteiger partial charge in [-0.25, -0.2) is 0 Å². The standard InChI is InChI=1S/C16H13NO5S2/c1-7-2-3-9-8(4-7)11-12-13(17-15(21)24-12)23-6-16(11,5-10(18)19)14(20)22-9/h2-4,11H,5-6H2,1H3,(H,17,21)(H,18,19)/p-1/t11-,16+/m1/s1. The number of carbonyl (C=O) groups is 2. The number of carbonyl (C=O) groups excluding carboxylic acids is 2. The number of carboxylic acids is 1. The number of aromatic nitrogens is 1. The molecule has 0 bridgehead atoms. The molecule has 24 heavy (non-hydrogen) atoms. The van der Waals surface area contributed by atoms with Crippen molar-refractivity contribution in [3.8, 4) is 5.75 Å². The van der Waals surface area contributed by atoms with Gasteiger partial charge in [-0.1, -0.05) is 29.0 Å². The van der Waals surface area contributed by atoms with E-state index in [4.69, 9.17) is 4.74 Å². The number of benzene rings is 1. The first-order valence-corrected chi connectivity index (χ1v) is 9.09. The Balaban J connectivity index is 2.01. The van der Waals surface area contributed by atoms with Crippen LogP contribution in [0.4, 0.5) is 0 Å². The first-order chi connectivity index (χ1) is 11.4. The van der Waals surface area contributed by atoms with Gasteiger partial charge in [0.15, 0.2) is 0 Å². The van der Waals surface area contributed by atoms with Crippen molar-refractivity contribution in [2.24, 2.45) is 5.41 Å². The lowest BCUT2D eigenvalue weighted by atomic mass is 9.68. The molecule has 8 heteroatoms. The molecule has 0 fully saturated rings. The summed E-state index contributed by atoms with van der Waals surface area (Å²) >= 11 is 2.30. The Hall–Kier alpha value is -2.06. The minimum atomic E-state index is -1.31. The zero-order chi connectivity index (χ0) is 17.1. The van der Waals surface area contributed by atoms with Gasteiger partial charge in [0.25, 0.3) is 0 Å². The molecule has 1 aromatic heterocycles. The molecular formula is C16H12NO5S2-. The van der Waals surface area contributed by atoms with Crippen LogP contribution in [0, 0.1) is 12.3 Å². The molecule has 2 aliphatic rings. The van der Waals surface area contributed by atoms with Gasteiger partial charge in [-0.2, -0.15) is 0 Å². The maximum absolute atomic E-state index is 12.7. The Morgan fingerprint density at radius 3 is 3.00 bits per heavy atom. The van der Waals surface area contributed by atoms with Gasteiger partial charge in [-0.3, -0.25) is 9.59 Å². The number of ether oxygens (including phenoxy) is 1. The van der Waals surface area contributed by atoms with Crippen molar-refractivity contribution >= 4 is 35.0 Å². The van der Waals surface area contributed by atoms with Crippen molar-refractivity contribution in [3.63, 3.8) is 0 Å². The third-order valence-electron chi connectivity index (χ3n) is 4.48. The maximum Gasteiger partial charge on any atom is 0.319 e. The van der Waals surface area contributed by atoms with Crippen LogP contribution in [0.1, 0.15) is 28.3 Å². The topological polar surface area (TPSA) is 99.3 Å². The lowest BCUT2D eigenvalue weighted by molar-refractivity contribution is -0.308.